The summed E-state index contributed by atoms with van der Waals surface area (Å²) in [6, 6.07) is 12.7. The minimum Gasteiger partial charge on any atom is -0.452 e. The summed E-state index contributed by atoms with van der Waals surface area (Å²) in [6.45, 7) is 0.785. The second-order valence-corrected chi connectivity index (χ2v) is 4.37. The van der Waals surface area contributed by atoms with Crippen molar-refractivity contribution in [2.24, 2.45) is 0 Å². The number of ether oxygens (including phenoxy) is 1. The largest absolute Gasteiger partial charge is 0.452 e. The van der Waals surface area contributed by atoms with E-state index in [-0.39, 0.29) is 0 Å². The van der Waals surface area contributed by atoms with E-state index in [0.717, 1.165) is 10.8 Å². The standard InChI is InChI=1S/C15H14N2O4/c1-10(18)16-17-14(19)9-21-15(20)13-7-6-11-4-2-3-5-12(11)8-13/h2-8H,9H2,1H3,(H,16,18)(H,17,19). The monoisotopic (exact) mass is 286 g/mol. The third-order valence-corrected chi connectivity index (χ3v) is 2.70. The Bertz CT molecular complexity index is 697. The number of benzene rings is 2. The van der Waals surface area contributed by atoms with Crippen LogP contribution in [0.4, 0.5) is 0 Å². The van der Waals surface area contributed by atoms with Gasteiger partial charge in [0.2, 0.25) is 5.91 Å². The normalized spacial score (nSPS) is 9.95. The summed E-state index contributed by atoms with van der Waals surface area (Å²) >= 11 is 0. The Kier molecular flexibility index (Phi) is 4.50. The molecular weight excluding hydrogens is 272 g/mol. The summed E-state index contributed by atoms with van der Waals surface area (Å²) in [5.41, 5.74) is 4.57. The molecule has 0 saturated heterocycles. The fourth-order valence-electron chi connectivity index (χ4n) is 1.72. The lowest BCUT2D eigenvalue weighted by Crippen LogP contribution is -2.42. The SMILES string of the molecule is CC(=O)NNC(=O)COC(=O)c1ccc2ccccc2c1. The molecule has 0 unspecified atom stereocenters. The lowest BCUT2D eigenvalue weighted by Gasteiger charge is -2.07. The average molecular weight is 286 g/mol. The lowest BCUT2D eigenvalue weighted by atomic mass is 10.1. The molecule has 0 saturated carbocycles. The molecule has 2 aromatic carbocycles. The second kappa shape index (κ2) is 6.51. The molecular formula is C15H14N2O4. The number of carbonyl (C=O) groups excluding carboxylic acids is 3. The van der Waals surface area contributed by atoms with Crippen molar-refractivity contribution in [1.82, 2.24) is 10.9 Å². The van der Waals surface area contributed by atoms with Crippen molar-refractivity contribution in [2.45, 2.75) is 6.92 Å². The Balaban J connectivity index is 1.95. The summed E-state index contributed by atoms with van der Waals surface area (Å²) < 4.78 is 4.87. The molecule has 2 rings (SSSR count). The molecule has 0 bridgehead atoms. The van der Waals surface area contributed by atoms with E-state index in [9.17, 15) is 14.4 Å². The fraction of sp³-hybridized carbons (Fsp3) is 0.133. The number of hydrazine groups is 1. The smallest absolute Gasteiger partial charge is 0.338 e. The van der Waals surface area contributed by atoms with Crippen LogP contribution in [0.1, 0.15) is 17.3 Å². The van der Waals surface area contributed by atoms with Crippen LogP contribution in [-0.2, 0) is 14.3 Å². The number of fused-ring (bicyclic) bond motifs is 1. The molecule has 0 atom stereocenters. The molecule has 0 aliphatic rings. The van der Waals surface area contributed by atoms with Crippen molar-refractivity contribution in [3.05, 3.63) is 48.0 Å². The minimum absolute atomic E-state index is 0.362. The summed E-state index contributed by atoms with van der Waals surface area (Å²) in [4.78, 5) is 33.7. The molecule has 2 N–H and O–H groups in total. The van der Waals surface area contributed by atoms with E-state index in [2.05, 4.69) is 10.9 Å². The molecule has 0 aliphatic heterocycles. The molecule has 0 fully saturated rings. The molecule has 2 amide bonds. The van der Waals surface area contributed by atoms with Gasteiger partial charge in [-0.3, -0.25) is 20.4 Å². The van der Waals surface area contributed by atoms with Gasteiger partial charge >= 0.3 is 5.97 Å². The van der Waals surface area contributed by atoms with Crippen molar-refractivity contribution < 1.29 is 19.1 Å². The number of hydrogen-bond donors (Lipinski definition) is 2. The molecule has 0 heterocycles. The predicted octanol–water partition coefficient (Wildman–Crippen LogP) is 1.16. The van der Waals surface area contributed by atoms with Gasteiger partial charge in [-0.05, 0) is 22.9 Å². The van der Waals surface area contributed by atoms with E-state index in [0.29, 0.717) is 5.56 Å². The van der Waals surface area contributed by atoms with Crippen molar-refractivity contribution in [1.29, 1.82) is 0 Å². The number of carbonyl (C=O) groups is 3. The maximum absolute atomic E-state index is 11.8. The molecule has 6 nitrogen and oxygen atoms in total. The van der Waals surface area contributed by atoms with Crippen molar-refractivity contribution in [3.8, 4) is 0 Å². The van der Waals surface area contributed by atoms with E-state index >= 15 is 0 Å². The molecule has 6 heteroatoms. The highest BCUT2D eigenvalue weighted by Crippen LogP contribution is 2.16. The van der Waals surface area contributed by atoms with Gasteiger partial charge in [0.05, 0.1) is 5.56 Å². The van der Waals surface area contributed by atoms with Gasteiger partial charge in [0.15, 0.2) is 6.61 Å². The quantitative estimate of drug-likeness (QED) is 0.655. The van der Waals surface area contributed by atoms with Crippen LogP contribution in [0.25, 0.3) is 10.8 Å². The van der Waals surface area contributed by atoms with Crippen LogP contribution in [0.5, 0.6) is 0 Å². The van der Waals surface area contributed by atoms with Gasteiger partial charge in [-0.15, -0.1) is 0 Å². The van der Waals surface area contributed by atoms with Crippen LogP contribution in [0.2, 0.25) is 0 Å². The highest BCUT2D eigenvalue weighted by Gasteiger charge is 2.10. The topological polar surface area (TPSA) is 84.5 Å². The van der Waals surface area contributed by atoms with Crippen LogP contribution in [-0.4, -0.2) is 24.4 Å². The maximum Gasteiger partial charge on any atom is 0.338 e. The van der Waals surface area contributed by atoms with Crippen LogP contribution in [0, 0.1) is 0 Å². The van der Waals surface area contributed by atoms with E-state index in [4.69, 9.17) is 4.74 Å². The van der Waals surface area contributed by atoms with Crippen LogP contribution in [0.15, 0.2) is 42.5 Å². The summed E-state index contributed by atoms with van der Waals surface area (Å²) in [5.74, 6) is -1.62. The van der Waals surface area contributed by atoms with E-state index in [1.165, 1.54) is 6.92 Å². The Labute approximate surface area is 121 Å². The van der Waals surface area contributed by atoms with Crippen LogP contribution in [0.3, 0.4) is 0 Å². The molecule has 0 spiro atoms. The minimum atomic E-state index is -0.612. The molecule has 0 aromatic heterocycles. The van der Waals surface area contributed by atoms with Crippen molar-refractivity contribution in [3.63, 3.8) is 0 Å². The van der Waals surface area contributed by atoms with Gasteiger partial charge in [-0.25, -0.2) is 4.79 Å². The first-order valence-electron chi connectivity index (χ1n) is 6.27. The Morgan fingerprint density at radius 2 is 1.71 bits per heavy atom. The number of hydrogen-bond acceptors (Lipinski definition) is 4. The zero-order valence-electron chi connectivity index (χ0n) is 11.4. The van der Waals surface area contributed by atoms with Crippen LogP contribution >= 0.6 is 0 Å². The summed E-state index contributed by atoms with van der Waals surface area (Å²) in [5, 5.41) is 1.92. The van der Waals surface area contributed by atoms with Gasteiger partial charge in [-0.2, -0.15) is 0 Å². The second-order valence-electron chi connectivity index (χ2n) is 4.37. The van der Waals surface area contributed by atoms with Crippen LogP contribution < -0.4 is 10.9 Å². The van der Waals surface area contributed by atoms with E-state index < -0.39 is 24.4 Å². The first kappa shape index (κ1) is 14.5. The molecule has 21 heavy (non-hydrogen) atoms. The number of nitrogens with one attached hydrogen (secondary N) is 2. The maximum atomic E-state index is 11.8. The van der Waals surface area contributed by atoms with Gasteiger partial charge < -0.3 is 4.74 Å². The Morgan fingerprint density at radius 3 is 2.43 bits per heavy atom. The predicted molar refractivity (Wildman–Crippen MR) is 76.2 cm³/mol. The van der Waals surface area contributed by atoms with Crippen molar-refractivity contribution >= 4 is 28.6 Å². The summed E-state index contributed by atoms with van der Waals surface area (Å²) in [7, 11) is 0. The number of esters is 1. The highest BCUT2D eigenvalue weighted by molar-refractivity contribution is 5.96. The lowest BCUT2D eigenvalue weighted by molar-refractivity contribution is -0.129. The summed E-state index contributed by atoms with van der Waals surface area (Å²) in [6.07, 6.45) is 0. The Morgan fingerprint density at radius 1 is 1.00 bits per heavy atom. The van der Waals surface area contributed by atoms with E-state index in [1.54, 1.807) is 12.1 Å². The van der Waals surface area contributed by atoms with Gasteiger partial charge in [0.25, 0.3) is 5.91 Å². The first-order valence-corrected chi connectivity index (χ1v) is 6.27. The fourth-order valence-corrected chi connectivity index (χ4v) is 1.72. The van der Waals surface area contributed by atoms with Gasteiger partial charge in [0.1, 0.15) is 0 Å². The van der Waals surface area contributed by atoms with Gasteiger partial charge in [-0.1, -0.05) is 30.3 Å². The third kappa shape index (κ3) is 4.04. The number of amides is 2. The third-order valence-electron chi connectivity index (χ3n) is 2.70. The highest BCUT2D eigenvalue weighted by atomic mass is 16.5. The van der Waals surface area contributed by atoms with Crippen molar-refractivity contribution in [2.75, 3.05) is 6.61 Å². The molecule has 0 radical (unpaired) electrons. The molecule has 2 aromatic rings. The molecule has 108 valence electrons. The average Bonchev–Trinajstić information content (AvgIpc) is 2.50. The Hall–Kier alpha value is -2.89. The van der Waals surface area contributed by atoms with Gasteiger partial charge in [0, 0.05) is 6.92 Å². The van der Waals surface area contributed by atoms with E-state index in [1.807, 2.05) is 30.3 Å². The zero-order chi connectivity index (χ0) is 15.2. The first-order chi connectivity index (χ1) is 10.1. The molecule has 0 aliphatic carbocycles. The zero-order valence-corrected chi connectivity index (χ0v) is 11.4. The number of rotatable bonds is 3.